The van der Waals surface area contributed by atoms with Gasteiger partial charge in [0.2, 0.25) is 0 Å². The van der Waals surface area contributed by atoms with Gasteiger partial charge in [-0.15, -0.1) is 0 Å². The molecular formula is C19H30N2O4. The van der Waals surface area contributed by atoms with Crippen molar-refractivity contribution in [1.82, 2.24) is 9.80 Å². The van der Waals surface area contributed by atoms with Gasteiger partial charge < -0.3 is 19.5 Å². The third-order valence-electron chi connectivity index (χ3n) is 4.46. The molecular weight excluding hydrogens is 320 g/mol. The Hall–Kier alpha value is -1.47. The Bertz CT molecular complexity index is 511. The lowest BCUT2D eigenvalue weighted by molar-refractivity contribution is -0.0517. The van der Waals surface area contributed by atoms with Crippen LogP contribution in [0.4, 0.5) is 0 Å². The summed E-state index contributed by atoms with van der Waals surface area (Å²) in [5.74, 6) is -0.00744. The summed E-state index contributed by atoms with van der Waals surface area (Å²) in [7, 11) is 1.64. The van der Waals surface area contributed by atoms with Crippen molar-refractivity contribution < 1.29 is 19.4 Å². The maximum absolute atomic E-state index is 12.8. The van der Waals surface area contributed by atoms with Gasteiger partial charge in [-0.05, 0) is 18.6 Å². The molecule has 2 atom stereocenters. The molecule has 1 amide bonds. The van der Waals surface area contributed by atoms with E-state index in [-0.39, 0.29) is 18.1 Å². The lowest BCUT2D eigenvalue weighted by Gasteiger charge is -2.36. The fraction of sp³-hybridized carbons (Fsp3) is 0.632. The fourth-order valence-corrected chi connectivity index (χ4v) is 2.97. The number of aliphatic hydroxyl groups excluding tert-OH is 1. The number of methoxy groups -OCH3 is 1. The number of morpholine rings is 1. The van der Waals surface area contributed by atoms with Crippen LogP contribution in [0, 0.1) is 0 Å². The highest BCUT2D eigenvalue weighted by molar-refractivity contribution is 5.94. The van der Waals surface area contributed by atoms with E-state index >= 15 is 0 Å². The average molecular weight is 350 g/mol. The number of aliphatic hydroxyl groups is 1. The van der Waals surface area contributed by atoms with Gasteiger partial charge in [0, 0.05) is 45.4 Å². The Kier molecular flexibility index (Phi) is 8.34. The van der Waals surface area contributed by atoms with Crippen LogP contribution < -0.4 is 0 Å². The van der Waals surface area contributed by atoms with E-state index in [1.165, 1.54) is 0 Å². The van der Waals surface area contributed by atoms with Crippen LogP contribution in [0.15, 0.2) is 30.3 Å². The molecule has 0 bridgehead atoms. The molecule has 0 unspecified atom stereocenters. The summed E-state index contributed by atoms with van der Waals surface area (Å²) in [5.41, 5.74) is 0.674. The second-order valence-electron chi connectivity index (χ2n) is 6.42. The summed E-state index contributed by atoms with van der Waals surface area (Å²) < 4.78 is 11.0. The minimum Gasteiger partial charge on any atom is -0.392 e. The lowest BCUT2D eigenvalue weighted by Crippen LogP contribution is -2.50. The minimum absolute atomic E-state index is 0.00744. The number of rotatable bonds is 9. The predicted molar refractivity (Wildman–Crippen MR) is 96.7 cm³/mol. The van der Waals surface area contributed by atoms with E-state index in [1.807, 2.05) is 37.3 Å². The lowest BCUT2D eigenvalue weighted by atomic mass is 10.1. The molecule has 1 heterocycles. The van der Waals surface area contributed by atoms with E-state index in [1.54, 1.807) is 12.0 Å². The molecule has 0 spiro atoms. The number of carbonyl (C=O) groups is 1. The van der Waals surface area contributed by atoms with Crippen molar-refractivity contribution in [2.24, 2.45) is 0 Å². The average Bonchev–Trinajstić information content (AvgIpc) is 2.65. The van der Waals surface area contributed by atoms with Crippen molar-refractivity contribution in [1.29, 1.82) is 0 Å². The molecule has 6 nitrogen and oxygen atoms in total. The Balaban J connectivity index is 1.97. The number of hydrogen-bond acceptors (Lipinski definition) is 5. The summed E-state index contributed by atoms with van der Waals surface area (Å²) >= 11 is 0. The molecule has 0 aliphatic carbocycles. The van der Waals surface area contributed by atoms with Gasteiger partial charge in [-0.2, -0.15) is 0 Å². The first-order valence-electron chi connectivity index (χ1n) is 8.99. The van der Waals surface area contributed by atoms with E-state index in [9.17, 15) is 9.90 Å². The number of benzene rings is 1. The Labute approximate surface area is 150 Å². The molecule has 6 heteroatoms. The van der Waals surface area contributed by atoms with Gasteiger partial charge in [0.25, 0.3) is 5.91 Å². The second-order valence-corrected chi connectivity index (χ2v) is 6.42. The van der Waals surface area contributed by atoms with Crippen LogP contribution in [0.3, 0.4) is 0 Å². The number of carbonyl (C=O) groups excluding carboxylic acids is 1. The van der Waals surface area contributed by atoms with Crippen molar-refractivity contribution in [3.05, 3.63) is 35.9 Å². The van der Waals surface area contributed by atoms with Crippen molar-refractivity contribution in [3.63, 3.8) is 0 Å². The largest absolute Gasteiger partial charge is 0.392 e. The second kappa shape index (κ2) is 10.5. The molecule has 140 valence electrons. The first kappa shape index (κ1) is 19.8. The molecule has 25 heavy (non-hydrogen) atoms. The Morgan fingerprint density at radius 2 is 2.20 bits per heavy atom. The summed E-state index contributed by atoms with van der Waals surface area (Å²) in [6.45, 7) is 6.34. The smallest absolute Gasteiger partial charge is 0.254 e. The van der Waals surface area contributed by atoms with Crippen LogP contribution in [-0.4, -0.2) is 86.1 Å². The molecule has 1 aliphatic heterocycles. The van der Waals surface area contributed by atoms with Crippen LogP contribution in [0.1, 0.15) is 23.7 Å². The standard InChI is InChI=1S/C19H30N2O4/c1-3-17(22)13-20-9-12-25-18(14-20)15-21(10-11-24-2)19(23)16-7-5-4-6-8-16/h4-8,17-18,22H,3,9-15H2,1-2H3/t17-,18-/m1/s1. The molecule has 0 saturated carbocycles. The predicted octanol–water partition coefficient (Wildman–Crippen LogP) is 1.25. The summed E-state index contributed by atoms with van der Waals surface area (Å²) in [4.78, 5) is 16.8. The van der Waals surface area contributed by atoms with Crippen molar-refractivity contribution in [2.75, 3.05) is 53.0 Å². The summed E-state index contributed by atoms with van der Waals surface area (Å²) in [5, 5.41) is 9.87. The minimum atomic E-state index is -0.311. The number of amides is 1. The maximum Gasteiger partial charge on any atom is 0.254 e. The SMILES string of the molecule is CC[C@@H](O)CN1CCO[C@@H](CN(CCOC)C(=O)c2ccccc2)C1. The third-order valence-corrected chi connectivity index (χ3v) is 4.46. The molecule has 1 aromatic rings. The summed E-state index contributed by atoms with van der Waals surface area (Å²) in [6, 6.07) is 9.29. The third kappa shape index (κ3) is 6.40. The zero-order valence-corrected chi connectivity index (χ0v) is 15.3. The number of hydrogen-bond donors (Lipinski definition) is 1. The van der Waals surface area contributed by atoms with Crippen LogP contribution in [0.2, 0.25) is 0 Å². The van der Waals surface area contributed by atoms with Gasteiger partial charge in [0.05, 0.1) is 25.4 Å². The monoisotopic (exact) mass is 350 g/mol. The van der Waals surface area contributed by atoms with Gasteiger partial charge in [-0.1, -0.05) is 25.1 Å². The number of ether oxygens (including phenoxy) is 2. The van der Waals surface area contributed by atoms with Gasteiger partial charge in [-0.3, -0.25) is 9.69 Å². The fourth-order valence-electron chi connectivity index (χ4n) is 2.97. The topological polar surface area (TPSA) is 62.2 Å². The van der Waals surface area contributed by atoms with Crippen LogP contribution in [0.5, 0.6) is 0 Å². The molecule has 0 radical (unpaired) electrons. The van der Waals surface area contributed by atoms with Crippen molar-refractivity contribution >= 4 is 5.91 Å². The van der Waals surface area contributed by atoms with Crippen molar-refractivity contribution in [2.45, 2.75) is 25.6 Å². The highest BCUT2D eigenvalue weighted by Gasteiger charge is 2.26. The number of nitrogens with zero attached hydrogens (tertiary/aromatic N) is 2. The van der Waals surface area contributed by atoms with Crippen LogP contribution in [-0.2, 0) is 9.47 Å². The van der Waals surface area contributed by atoms with E-state index in [0.29, 0.717) is 38.4 Å². The van der Waals surface area contributed by atoms with E-state index < -0.39 is 0 Å². The molecule has 1 aliphatic rings. The zero-order chi connectivity index (χ0) is 18.1. The molecule has 1 N–H and O–H groups in total. The van der Waals surface area contributed by atoms with Gasteiger partial charge in [0.15, 0.2) is 0 Å². The first-order chi connectivity index (χ1) is 12.1. The highest BCUT2D eigenvalue weighted by Crippen LogP contribution is 2.11. The molecule has 2 rings (SSSR count). The number of β-amino-alcohol motifs (C(OH)–C–C–N with tert-alkyl or cyclic N) is 1. The van der Waals surface area contributed by atoms with Gasteiger partial charge in [-0.25, -0.2) is 0 Å². The van der Waals surface area contributed by atoms with Crippen molar-refractivity contribution in [3.8, 4) is 0 Å². The van der Waals surface area contributed by atoms with E-state index in [4.69, 9.17) is 9.47 Å². The van der Waals surface area contributed by atoms with Crippen LogP contribution >= 0.6 is 0 Å². The molecule has 1 fully saturated rings. The first-order valence-corrected chi connectivity index (χ1v) is 8.99. The molecule has 1 aromatic carbocycles. The quantitative estimate of drug-likeness (QED) is 0.726. The zero-order valence-electron chi connectivity index (χ0n) is 15.3. The van der Waals surface area contributed by atoms with Crippen LogP contribution in [0.25, 0.3) is 0 Å². The van der Waals surface area contributed by atoms with Gasteiger partial charge >= 0.3 is 0 Å². The van der Waals surface area contributed by atoms with Gasteiger partial charge in [0.1, 0.15) is 0 Å². The normalized spacial score (nSPS) is 19.6. The Morgan fingerprint density at radius 3 is 2.88 bits per heavy atom. The van der Waals surface area contributed by atoms with E-state index in [0.717, 1.165) is 19.5 Å². The Morgan fingerprint density at radius 1 is 1.44 bits per heavy atom. The van der Waals surface area contributed by atoms with E-state index in [2.05, 4.69) is 4.90 Å². The summed E-state index contributed by atoms with van der Waals surface area (Å²) in [6.07, 6.45) is 0.380. The molecule has 1 saturated heterocycles. The molecule has 0 aromatic heterocycles. The highest BCUT2D eigenvalue weighted by atomic mass is 16.5. The maximum atomic E-state index is 12.8.